The van der Waals surface area contributed by atoms with Crippen LogP contribution in [0, 0.1) is 20.8 Å². The molecule has 3 rings (SSSR count). The van der Waals surface area contributed by atoms with Crippen molar-refractivity contribution in [3.05, 3.63) is 70.2 Å². The van der Waals surface area contributed by atoms with E-state index in [1.807, 2.05) is 32.9 Å². The Bertz CT molecular complexity index is 1110. The summed E-state index contributed by atoms with van der Waals surface area (Å²) in [5.41, 5.74) is 3.86. The topological polar surface area (TPSA) is 85.4 Å². The molecule has 6 nitrogen and oxygen atoms in total. The second-order valence-electron chi connectivity index (χ2n) is 6.74. The van der Waals surface area contributed by atoms with Crippen LogP contribution < -0.4 is 9.46 Å². The Balaban J connectivity index is 1.61. The predicted octanol–water partition coefficient (Wildman–Crippen LogP) is 4.06. The molecule has 0 amide bonds. The van der Waals surface area contributed by atoms with Crippen molar-refractivity contribution in [2.75, 3.05) is 11.3 Å². The van der Waals surface area contributed by atoms with Crippen molar-refractivity contribution in [2.45, 2.75) is 32.1 Å². The predicted molar refractivity (Wildman–Crippen MR) is 114 cm³/mol. The van der Waals surface area contributed by atoms with Crippen LogP contribution in [0.3, 0.4) is 0 Å². The fourth-order valence-corrected chi connectivity index (χ4v) is 4.60. The molecule has 0 aliphatic heterocycles. The average molecular weight is 431 g/mol. The van der Waals surface area contributed by atoms with Gasteiger partial charge in [-0.2, -0.15) is 0 Å². The maximum Gasteiger partial charge on any atom is 0.263 e. The van der Waals surface area contributed by atoms with Gasteiger partial charge in [-0.05, 0) is 55.2 Å². The Morgan fingerprint density at radius 3 is 2.41 bits per heavy atom. The first kappa shape index (κ1) is 21.0. The van der Waals surface area contributed by atoms with Crippen molar-refractivity contribution in [1.29, 1.82) is 0 Å². The van der Waals surface area contributed by atoms with Gasteiger partial charge in [0.1, 0.15) is 12.4 Å². The van der Waals surface area contributed by atoms with E-state index in [-0.39, 0.29) is 23.7 Å². The number of rotatable bonds is 8. The average Bonchev–Trinajstić information content (AvgIpc) is 3.17. The molecule has 3 aromatic rings. The molecule has 29 heavy (non-hydrogen) atoms. The van der Waals surface area contributed by atoms with Crippen molar-refractivity contribution < 1.29 is 17.9 Å². The summed E-state index contributed by atoms with van der Waals surface area (Å²) in [5.74, 6) is 0.662. The molecule has 0 spiro atoms. The fraction of sp³-hybridized carbons (Fsp3) is 0.238. The van der Waals surface area contributed by atoms with Crippen LogP contribution >= 0.6 is 11.3 Å². The second kappa shape index (κ2) is 8.75. The SMILES string of the molecule is Cc1ccc(C)c(OCC(=O)Cc2ccc(S(=O)(=O)Nc3nccs3)cc2)c1C. The Morgan fingerprint density at radius 2 is 1.76 bits per heavy atom. The van der Waals surface area contributed by atoms with Gasteiger partial charge >= 0.3 is 0 Å². The molecular formula is C21H22N2O4S2. The molecule has 0 saturated heterocycles. The lowest BCUT2D eigenvalue weighted by Gasteiger charge is -2.13. The number of carbonyl (C=O) groups excluding carboxylic acids is 1. The van der Waals surface area contributed by atoms with Gasteiger partial charge in [-0.1, -0.05) is 24.3 Å². The number of anilines is 1. The number of ketones is 1. The summed E-state index contributed by atoms with van der Waals surface area (Å²) in [7, 11) is -3.70. The molecule has 0 fully saturated rings. The van der Waals surface area contributed by atoms with Crippen LogP contribution in [0.25, 0.3) is 0 Å². The Morgan fingerprint density at radius 1 is 1.07 bits per heavy atom. The first-order chi connectivity index (χ1) is 13.8. The quantitative estimate of drug-likeness (QED) is 0.582. The minimum atomic E-state index is -3.70. The number of sulfonamides is 1. The maximum absolute atomic E-state index is 12.4. The molecule has 0 aliphatic carbocycles. The van der Waals surface area contributed by atoms with Crippen LogP contribution in [0.1, 0.15) is 22.3 Å². The van der Waals surface area contributed by atoms with Crippen molar-refractivity contribution in [1.82, 2.24) is 4.98 Å². The number of hydrogen-bond acceptors (Lipinski definition) is 6. The Labute approximate surface area is 174 Å². The highest BCUT2D eigenvalue weighted by Crippen LogP contribution is 2.25. The second-order valence-corrected chi connectivity index (χ2v) is 9.32. The highest BCUT2D eigenvalue weighted by molar-refractivity contribution is 7.93. The zero-order valence-electron chi connectivity index (χ0n) is 16.4. The van der Waals surface area contributed by atoms with Crippen LogP contribution in [-0.2, 0) is 21.2 Å². The highest BCUT2D eigenvalue weighted by Gasteiger charge is 2.16. The Kier molecular flexibility index (Phi) is 6.34. The van der Waals surface area contributed by atoms with E-state index < -0.39 is 10.0 Å². The fourth-order valence-electron chi connectivity index (χ4n) is 2.81. The minimum Gasteiger partial charge on any atom is -0.485 e. The summed E-state index contributed by atoms with van der Waals surface area (Å²) in [6.45, 7) is 5.89. The third-order valence-corrected chi connectivity index (χ3v) is 6.71. The minimum absolute atomic E-state index is 0.0310. The molecule has 0 aliphatic rings. The van der Waals surface area contributed by atoms with E-state index in [1.54, 1.807) is 17.5 Å². The van der Waals surface area contributed by atoms with Gasteiger partial charge in [0, 0.05) is 18.0 Å². The van der Waals surface area contributed by atoms with Crippen LogP contribution in [0.2, 0.25) is 0 Å². The molecule has 0 unspecified atom stereocenters. The van der Waals surface area contributed by atoms with E-state index in [0.29, 0.717) is 5.13 Å². The molecule has 2 aromatic carbocycles. The summed E-state index contributed by atoms with van der Waals surface area (Å²) >= 11 is 1.20. The molecule has 8 heteroatoms. The molecule has 1 aromatic heterocycles. The number of thiazole rings is 1. The van der Waals surface area contributed by atoms with Gasteiger partial charge in [0.05, 0.1) is 4.90 Å². The maximum atomic E-state index is 12.4. The molecule has 0 bridgehead atoms. The summed E-state index contributed by atoms with van der Waals surface area (Å²) < 4.78 is 32.9. The van der Waals surface area contributed by atoms with Crippen LogP contribution in [0.15, 0.2) is 52.9 Å². The third kappa shape index (κ3) is 5.21. The van der Waals surface area contributed by atoms with E-state index in [9.17, 15) is 13.2 Å². The van der Waals surface area contributed by atoms with Crippen molar-refractivity contribution in [2.24, 2.45) is 0 Å². The summed E-state index contributed by atoms with van der Waals surface area (Å²) in [5, 5.41) is 2.00. The van der Waals surface area contributed by atoms with Gasteiger partial charge in [-0.25, -0.2) is 13.4 Å². The lowest BCUT2D eigenvalue weighted by Crippen LogP contribution is -2.15. The summed E-state index contributed by atoms with van der Waals surface area (Å²) in [4.78, 5) is 16.4. The molecule has 0 radical (unpaired) electrons. The van der Waals surface area contributed by atoms with Gasteiger partial charge in [0.25, 0.3) is 10.0 Å². The van der Waals surface area contributed by atoms with E-state index in [2.05, 4.69) is 9.71 Å². The smallest absolute Gasteiger partial charge is 0.263 e. The van der Waals surface area contributed by atoms with Crippen LogP contribution in [-0.4, -0.2) is 25.8 Å². The number of nitrogens with one attached hydrogen (secondary N) is 1. The lowest BCUT2D eigenvalue weighted by molar-refractivity contribution is -0.120. The highest BCUT2D eigenvalue weighted by atomic mass is 32.2. The van der Waals surface area contributed by atoms with Crippen molar-refractivity contribution >= 4 is 32.3 Å². The largest absolute Gasteiger partial charge is 0.485 e. The molecule has 152 valence electrons. The van der Waals surface area contributed by atoms with E-state index >= 15 is 0 Å². The van der Waals surface area contributed by atoms with Gasteiger partial charge in [0.2, 0.25) is 0 Å². The number of Topliss-reactive ketones (excluding diaryl/α,β-unsaturated/α-hetero) is 1. The summed E-state index contributed by atoms with van der Waals surface area (Å²) in [6.07, 6.45) is 1.70. The normalized spacial score (nSPS) is 11.3. The number of ether oxygens (including phenoxy) is 1. The lowest BCUT2D eigenvalue weighted by atomic mass is 10.1. The number of hydrogen-bond donors (Lipinski definition) is 1. The van der Waals surface area contributed by atoms with Crippen LogP contribution in [0.5, 0.6) is 5.75 Å². The van der Waals surface area contributed by atoms with E-state index in [4.69, 9.17) is 4.74 Å². The Hall–Kier alpha value is -2.71. The standard InChI is InChI=1S/C21H22N2O4S2/c1-14-4-5-15(2)20(16(14)3)27-13-18(24)12-17-6-8-19(9-7-17)29(25,26)23-21-22-10-11-28-21/h4-11H,12-13H2,1-3H3,(H,22,23). The summed E-state index contributed by atoms with van der Waals surface area (Å²) in [6, 6.07) is 10.2. The molecule has 1 heterocycles. The third-order valence-electron chi connectivity index (χ3n) is 4.54. The monoisotopic (exact) mass is 430 g/mol. The van der Waals surface area contributed by atoms with Crippen LogP contribution in [0.4, 0.5) is 5.13 Å². The van der Waals surface area contributed by atoms with Gasteiger partial charge in [-0.3, -0.25) is 9.52 Å². The van der Waals surface area contributed by atoms with Gasteiger partial charge in [0.15, 0.2) is 10.9 Å². The van der Waals surface area contributed by atoms with E-state index in [1.165, 1.54) is 29.7 Å². The number of aromatic nitrogens is 1. The zero-order valence-corrected chi connectivity index (χ0v) is 18.1. The van der Waals surface area contributed by atoms with Gasteiger partial charge < -0.3 is 4.74 Å². The molecule has 0 saturated carbocycles. The molecular weight excluding hydrogens is 408 g/mol. The molecule has 0 atom stereocenters. The van der Waals surface area contributed by atoms with Gasteiger partial charge in [-0.15, -0.1) is 11.3 Å². The first-order valence-electron chi connectivity index (χ1n) is 8.99. The van der Waals surface area contributed by atoms with Crippen molar-refractivity contribution in [3.8, 4) is 5.75 Å². The van der Waals surface area contributed by atoms with E-state index in [0.717, 1.165) is 28.0 Å². The van der Waals surface area contributed by atoms with Crippen molar-refractivity contribution in [3.63, 3.8) is 0 Å². The number of nitrogens with zero attached hydrogens (tertiary/aromatic N) is 1. The number of aryl methyl sites for hydroxylation is 2. The first-order valence-corrected chi connectivity index (χ1v) is 11.3. The number of carbonyl (C=O) groups is 1. The number of benzene rings is 2. The molecule has 1 N–H and O–H groups in total. The zero-order chi connectivity index (χ0) is 21.0.